The number of hydrogen-bond donors (Lipinski definition) is 2. The maximum Gasteiger partial charge on any atom is 0.191 e. The second-order valence-electron chi connectivity index (χ2n) is 8.42. The van der Waals surface area contributed by atoms with E-state index in [9.17, 15) is 4.21 Å². The van der Waals surface area contributed by atoms with Crippen molar-refractivity contribution in [2.75, 3.05) is 32.4 Å². The summed E-state index contributed by atoms with van der Waals surface area (Å²) < 4.78 is 12.2. The lowest BCUT2D eigenvalue weighted by atomic mass is 9.95. The van der Waals surface area contributed by atoms with Gasteiger partial charge in [-0.05, 0) is 57.7 Å². The van der Waals surface area contributed by atoms with Gasteiger partial charge in [0.25, 0.3) is 0 Å². The van der Waals surface area contributed by atoms with Gasteiger partial charge in [0, 0.05) is 41.4 Å². The summed E-state index contributed by atoms with van der Waals surface area (Å²) >= 11 is 0. The normalized spacial score (nSPS) is 25.6. The smallest absolute Gasteiger partial charge is 0.191 e. The minimum absolute atomic E-state index is 0.328. The second kappa shape index (κ2) is 11.1. The first-order valence-electron chi connectivity index (χ1n) is 11.3. The van der Waals surface area contributed by atoms with E-state index in [1.165, 1.54) is 37.1 Å². The van der Waals surface area contributed by atoms with Gasteiger partial charge >= 0.3 is 0 Å². The number of aryl methyl sites for hydroxylation is 1. The van der Waals surface area contributed by atoms with E-state index >= 15 is 0 Å². The van der Waals surface area contributed by atoms with E-state index in [4.69, 9.17) is 0 Å². The largest absolute Gasteiger partial charge is 0.354 e. The molecule has 4 atom stereocenters. The van der Waals surface area contributed by atoms with E-state index in [2.05, 4.69) is 51.7 Å². The molecule has 0 amide bonds. The fraction of sp³-hybridized carbons (Fsp3) is 0.696. The average Bonchev–Trinajstić information content (AvgIpc) is 3.28. The third kappa shape index (κ3) is 6.29. The molecular formula is C23H38N4OS. The summed E-state index contributed by atoms with van der Waals surface area (Å²) in [7, 11) is 1.15. The fourth-order valence-electron chi connectivity index (χ4n) is 4.63. The Morgan fingerprint density at radius 2 is 1.93 bits per heavy atom. The van der Waals surface area contributed by atoms with E-state index in [1.807, 2.05) is 14.0 Å². The van der Waals surface area contributed by atoms with Crippen LogP contribution in [0.1, 0.15) is 62.6 Å². The summed E-state index contributed by atoms with van der Waals surface area (Å²) in [5.41, 5.74) is 2.67. The van der Waals surface area contributed by atoms with Gasteiger partial charge in [0.2, 0.25) is 0 Å². The van der Waals surface area contributed by atoms with Crippen molar-refractivity contribution in [1.82, 2.24) is 15.5 Å². The molecule has 2 N–H and O–H groups in total. The van der Waals surface area contributed by atoms with Crippen molar-refractivity contribution in [3.05, 3.63) is 35.4 Å². The highest BCUT2D eigenvalue weighted by atomic mass is 32.2. The van der Waals surface area contributed by atoms with Crippen molar-refractivity contribution in [2.24, 2.45) is 4.99 Å². The average molecular weight is 419 g/mol. The molecule has 1 aromatic rings. The van der Waals surface area contributed by atoms with Crippen LogP contribution in [-0.4, -0.2) is 58.8 Å². The number of guanidine groups is 1. The van der Waals surface area contributed by atoms with Crippen LogP contribution in [0.15, 0.2) is 29.3 Å². The van der Waals surface area contributed by atoms with Crippen LogP contribution in [0.4, 0.5) is 0 Å². The molecule has 4 unspecified atom stereocenters. The lowest BCUT2D eigenvalue weighted by molar-refractivity contribution is 0.245. The molecule has 0 radical (unpaired) electrons. The van der Waals surface area contributed by atoms with Gasteiger partial charge < -0.3 is 10.6 Å². The number of rotatable bonds is 7. The highest BCUT2D eigenvalue weighted by Gasteiger charge is 2.27. The molecule has 0 spiro atoms. The highest BCUT2D eigenvalue weighted by Crippen LogP contribution is 2.25. The van der Waals surface area contributed by atoms with Gasteiger partial charge in [-0.15, -0.1) is 0 Å². The number of nitrogens with one attached hydrogen (secondary N) is 2. The standard InChI is InChI=1S/C23H38N4OS/c1-4-29(28)21-9-7-8-20(16-21)26-23(24-3)25-17-22(27-14-5-6-15-27)19-12-10-18(2)11-13-19/h10-13,20-22H,4-9,14-17H2,1-3H3,(H2,24,25,26). The molecule has 2 fully saturated rings. The van der Waals surface area contributed by atoms with Gasteiger partial charge in [0.05, 0.1) is 6.04 Å². The van der Waals surface area contributed by atoms with Crippen molar-refractivity contribution >= 4 is 16.8 Å². The number of aliphatic imine (C=N–C) groups is 1. The zero-order chi connectivity index (χ0) is 20.6. The van der Waals surface area contributed by atoms with Crippen molar-refractivity contribution in [3.63, 3.8) is 0 Å². The molecule has 1 saturated carbocycles. The molecule has 1 aromatic carbocycles. The van der Waals surface area contributed by atoms with Crippen LogP contribution in [0.2, 0.25) is 0 Å². The Morgan fingerprint density at radius 3 is 2.59 bits per heavy atom. The van der Waals surface area contributed by atoms with E-state index < -0.39 is 10.8 Å². The molecule has 1 saturated heterocycles. The Hall–Kier alpha value is -1.40. The van der Waals surface area contributed by atoms with Gasteiger partial charge in [-0.1, -0.05) is 43.2 Å². The molecule has 1 aliphatic carbocycles. The highest BCUT2D eigenvalue weighted by molar-refractivity contribution is 7.85. The molecule has 1 aliphatic heterocycles. The lowest BCUT2D eigenvalue weighted by Crippen LogP contribution is -2.48. The van der Waals surface area contributed by atoms with E-state index in [0.29, 0.717) is 17.3 Å². The van der Waals surface area contributed by atoms with Crippen molar-refractivity contribution in [1.29, 1.82) is 0 Å². The summed E-state index contributed by atoms with van der Waals surface area (Å²) in [6, 6.07) is 9.68. The second-order valence-corrected chi connectivity index (χ2v) is 10.4. The molecule has 0 aromatic heterocycles. The first kappa shape index (κ1) is 22.3. The molecule has 3 rings (SSSR count). The summed E-state index contributed by atoms with van der Waals surface area (Å²) in [6.07, 6.45) is 6.92. The van der Waals surface area contributed by atoms with E-state index in [1.54, 1.807) is 0 Å². The van der Waals surface area contributed by atoms with Crippen molar-refractivity contribution in [3.8, 4) is 0 Å². The first-order valence-corrected chi connectivity index (χ1v) is 12.6. The van der Waals surface area contributed by atoms with Gasteiger partial charge in [0.1, 0.15) is 0 Å². The first-order chi connectivity index (χ1) is 14.1. The summed E-state index contributed by atoms with van der Waals surface area (Å²) in [5, 5.41) is 7.52. The summed E-state index contributed by atoms with van der Waals surface area (Å²) in [4.78, 5) is 7.07. The molecule has 6 heteroatoms. The molecule has 2 aliphatic rings. The van der Waals surface area contributed by atoms with Crippen LogP contribution < -0.4 is 10.6 Å². The van der Waals surface area contributed by atoms with Crippen molar-refractivity contribution in [2.45, 2.75) is 69.7 Å². The fourth-order valence-corrected chi connectivity index (χ4v) is 5.98. The van der Waals surface area contributed by atoms with Crippen molar-refractivity contribution < 1.29 is 4.21 Å². The molecule has 1 heterocycles. The Kier molecular flexibility index (Phi) is 8.54. The SMILES string of the molecule is CCS(=O)C1CCCC(NC(=NC)NCC(c2ccc(C)cc2)N2CCCC2)C1. The van der Waals surface area contributed by atoms with Crippen LogP contribution in [0.25, 0.3) is 0 Å². The molecular weight excluding hydrogens is 380 g/mol. The van der Waals surface area contributed by atoms with E-state index in [-0.39, 0.29) is 0 Å². The number of benzene rings is 1. The van der Waals surface area contributed by atoms with Crippen LogP contribution in [0.5, 0.6) is 0 Å². The van der Waals surface area contributed by atoms with Crippen LogP contribution in [-0.2, 0) is 10.8 Å². The lowest BCUT2D eigenvalue weighted by Gasteiger charge is -2.32. The quantitative estimate of drug-likeness (QED) is 0.526. The third-order valence-electron chi connectivity index (χ3n) is 6.35. The number of hydrogen-bond acceptors (Lipinski definition) is 3. The maximum atomic E-state index is 12.2. The Morgan fingerprint density at radius 1 is 1.21 bits per heavy atom. The zero-order valence-corrected chi connectivity index (χ0v) is 19.1. The molecule has 162 valence electrons. The van der Waals surface area contributed by atoms with Crippen LogP contribution in [0.3, 0.4) is 0 Å². The molecule has 5 nitrogen and oxygen atoms in total. The number of likely N-dealkylation sites (tertiary alicyclic amines) is 1. The summed E-state index contributed by atoms with van der Waals surface area (Å²) in [6.45, 7) is 7.34. The van der Waals surface area contributed by atoms with Crippen LogP contribution in [0, 0.1) is 6.92 Å². The predicted molar refractivity (Wildman–Crippen MR) is 124 cm³/mol. The zero-order valence-electron chi connectivity index (χ0n) is 18.3. The monoisotopic (exact) mass is 418 g/mol. The third-order valence-corrected chi connectivity index (χ3v) is 8.09. The molecule has 0 bridgehead atoms. The Bertz CT molecular complexity index is 685. The number of nitrogens with zero attached hydrogens (tertiary/aromatic N) is 2. The van der Waals surface area contributed by atoms with Gasteiger partial charge in [-0.3, -0.25) is 14.1 Å². The minimum Gasteiger partial charge on any atom is -0.354 e. The van der Waals surface area contributed by atoms with Crippen LogP contribution >= 0.6 is 0 Å². The van der Waals surface area contributed by atoms with E-state index in [0.717, 1.165) is 43.9 Å². The topological polar surface area (TPSA) is 56.7 Å². The van der Waals surface area contributed by atoms with Gasteiger partial charge in [0.15, 0.2) is 5.96 Å². The maximum absolute atomic E-state index is 12.2. The summed E-state index contributed by atoms with van der Waals surface area (Å²) in [5.74, 6) is 1.63. The Balaban J connectivity index is 1.60. The van der Waals surface area contributed by atoms with Gasteiger partial charge in [-0.25, -0.2) is 0 Å². The Labute approximate surface area is 179 Å². The molecule has 29 heavy (non-hydrogen) atoms. The predicted octanol–water partition coefficient (Wildman–Crippen LogP) is 3.38. The van der Waals surface area contributed by atoms with Gasteiger partial charge in [-0.2, -0.15) is 0 Å². The minimum atomic E-state index is -0.698.